The molecule has 0 aliphatic carbocycles. The first-order valence-corrected chi connectivity index (χ1v) is 12.9. The molecular weight excluding hydrogens is 450 g/mol. The van der Waals surface area contributed by atoms with Crippen molar-refractivity contribution in [1.29, 1.82) is 0 Å². The molecule has 1 fully saturated rings. The highest BCUT2D eigenvalue weighted by atomic mass is 32.2. The van der Waals surface area contributed by atoms with E-state index >= 15 is 0 Å². The Labute approximate surface area is 191 Å². The molecular formula is C22H25N3O5S2. The standard InChI is InChI=1S/C22H25N3O5S2/c1-15-10-22(26)23-18-12-17(3-5-21(18)31-15)32(27,28)25-8-6-24(7-9-25)13-16-2-4-19-20(11-16)30-14-29-19/h2-5,11-12,15H,6-10,13-14H2,1H3,(H,23,26)/t15-/m1/s1. The zero-order valence-electron chi connectivity index (χ0n) is 17.7. The number of benzene rings is 2. The molecule has 2 aromatic rings. The van der Waals surface area contributed by atoms with Crippen molar-refractivity contribution in [3.05, 3.63) is 42.0 Å². The molecule has 8 nitrogen and oxygen atoms in total. The van der Waals surface area contributed by atoms with Gasteiger partial charge in [0, 0.05) is 49.3 Å². The largest absolute Gasteiger partial charge is 0.454 e. The van der Waals surface area contributed by atoms with Crippen LogP contribution in [0.5, 0.6) is 11.5 Å². The Hall–Kier alpha value is -2.27. The first kappa shape index (κ1) is 21.6. The molecule has 170 valence electrons. The predicted octanol–water partition coefficient (Wildman–Crippen LogP) is 2.74. The van der Waals surface area contributed by atoms with Gasteiger partial charge < -0.3 is 14.8 Å². The van der Waals surface area contributed by atoms with Gasteiger partial charge in [-0.05, 0) is 35.9 Å². The van der Waals surface area contributed by atoms with Crippen LogP contribution in [-0.4, -0.2) is 61.8 Å². The van der Waals surface area contributed by atoms with Crippen molar-refractivity contribution in [3.63, 3.8) is 0 Å². The fourth-order valence-corrected chi connectivity index (χ4v) is 6.67. The molecule has 3 aliphatic heterocycles. The molecule has 3 heterocycles. The highest BCUT2D eigenvalue weighted by Gasteiger charge is 2.30. The summed E-state index contributed by atoms with van der Waals surface area (Å²) in [6.45, 7) is 5.09. The number of ether oxygens (including phenoxy) is 2. The highest BCUT2D eigenvalue weighted by Crippen LogP contribution is 2.37. The molecule has 0 spiro atoms. The topological polar surface area (TPSA) is 88.2 Å². The van der Waals surface area contributed by atoms with E-state index in [1.165, 1.54) is 4.31 Å². The Morgan fingerprint density at radius 3 is 2.66 bits per heavy atom. The zero-order valence-corrected chi connectivity index (χ0v) is 19.4. The quantitative estimate of drug-likeness (QED) is 0.727. The maximum absolute atomic E-state index is 13.3. The molecule has 32 heavy (non-hydrogen) atoms. The van der Waals surface area contributed by atoms with Gasteiger partial charge in [-0.15, -0.1) is 11.8 Å². The normalized spacial score (nSPS) is 21.7. The van der Waals surface area contributed by atoms with Gasteiger partial charge in [-0.3, -0.25) is 9.69 Å². The van der Waals surface area contributed by atoms with Crippen LogP contribution in [0.4, 0.5) is 5.69 Å². The molecule has 10 heteroatoms. The van der Waals surface area contributed by atoms with Crippen LogP contribution < -0.4 is 14.8 Å². The summed E-state index contributed by atoms with van der Waals surface area (Å²) in [7, 11) is -3.63. The van der Waals surface area contributed by atoms with Gasteiger partial charge in [-0.25, -0.2) is 8.42 Å². The SMILES string of the molecule is C[C@@H]1CC(=O)Nc2cc(S(=O)(=O)N3CCN(Cc4ccc5c(c4)OCO5)CC3)ccc2S1. The van der Waals surface area contributed by atoms with E-state index in [0.717, 1.165) is 28.5 Å². The van der Waals surface area contributed by atoms with Crippen molar-refractivity contribution in [2.75, 3.05) is 38.3 Å². The second kappa shape index (κ2) is 8.58. The number of carbonyl (C=O) groups excluding carboxylic acids is 1. The third-order valence-electron chi connectivity index (χ3n) is 5.84. The number of nitrogens with zero attached hydrogens (tertiary/aromatic N) is 2. The van der Waals surface area contributed by atoms with Crippen molar-refractivity contribution >= 4 is 33.4 Å². The average Bonchev–Trinajstić information content (AvgIpc) is 3.17. The van der Waals surface area contributed by atoms with Gasteiger partial charge in [0.2, 0.25) is 22.7 Å². The van der Waals surface area contributed by atoms with Gasteiger partial charge >= 0.3 is 0 Å². The lowest BCUT2D eigenvalue weighted by Gasteiger charge is -2.34. The molecule has 1 amide bonds. The van der Waals surface area contributed by atoms with E-state index in [1.54, 1.807) is 30.0 Å². The first-order valence-electron chi connectivity index (χ1n) is 10.6. The maximum atomic E-state index is 13.3. The van der Waals surface area contributed by atoms with Gasteiger partial charge in [0.15, 0.2) is 11.5 Å². The fraction of sp³-hybridized carbons (Fsp3) is 0.409. The smallest absolute Gasteiger partial charge is 0.243 e. The van der Waals surface area contributed by atoms with Crippen LogP contribution in [0.3, 0.4) is 0 Å². The van der Waals surface area contributed by atoms with Crippen LogP contribution in [0.1, 0.15) is 18.9 Å². The molecule has 2 aromatic carbocycles. The van der Waals surface area contributed by atoms with Gasteiger partial charge in [0.1, 0.15) is 0 Å². The monoisotopic (exact) mass is 475 g/mol. The van der Waals surface area contributed by atoms with E-state index in [1.807, 2.05) is 25.1 Å². The number of amides is 1. The van der Waals surface area contributed by atoms with Crippen molar-refractivity contribution < 1.29 is 22.7 Å². The van der Waals surface area contributed by atoms with Crippen molar-refractivity contribution in [3.8, 4) is 11.5 Å². The summed E-state index contributed by atoms with van der Waals surface area (Å²) in [4.78, 5) is 15.4. The second-order valence-corrected chi connectivity index (χ2v) is 11.6. The van der Waals surface area contributed by atoms with Crippen LogP contribution in [0.15, 0.2) is 46.2 Å². The summed E-state index contributed by atoms with van der Waals surface area (Å²) in [5.74, 6) is 1.43. The van der Waals surface area contributed by atoms with Crippen molar-refractivity contribution in [2.24, 2.45) is 0 Å². The number of fused-ring (bicyclic) bond motifs is 2. The number of carbonyl (C=O) groups is 1. The summed E-state index contributed by atoms with van der Waals surface area (Å²) >= 11 is 1.58. The number of anilines is 1. The Bertz CT molecular complexity index is 1150. The van der Waals surface area contributed by atoms with Gasteiger partial charge in [-0.1, -0.05) is 13.0 Å². The zero-order chi connectivity index (χ0) is 22.3. The summed E-state index contributed by atoms with van der Waals surface area (Å²) in [6, 6.07) is 10.9. The fourth-order valence-electron chi connectivity index (χ4n) is 4.17. The molecule has 1 saturated heterocycles. The lowest BCUT2D eigenvalue weighted by atomic mass is 10.2. The van der Waals surface area contributed by atoms with Crippen molar-refractivity contribution in [1.82, 2.24) is 9.21 Å². The lowest BCUT2D eigenvalue weighted by molar-refractivity contribution is -0.116. The molecule has 0 unspecified atom stereocenters. The van der Waals surface area contributed by atoms with Gasteiger partial charge in [0.25, 0.3) is 0 Å². The third-order valence-corrected chi connectivity index (χ3v) is 8.91. The van der Waals surface area contributed by atoms with Gasteiger partial charge in [-0.2, -0.15) is 4.31 Å². The average molecular weight is 476 g/mol. The van der Waals surface area contributed by atoms with Crippen LogP contribution >= 0.6 is 11.8 Å². The summed E-state index contributed by atoms with van der Waals surface area (Å²) in [5.41, 5.74) is 1.69. The van der Waals surface area contributed by atoms with E-state index < -0.39 is 10.0 Å². The van der Waals surface area contributed by atoms with E-state index in [0.29, 0.717) is 38.3 Å². The van der Waals surface area contributed by atoms with E-state index in [-0.39, 0.29) is 22.8 Å². The lowest BCUT2D eigenvalue weighted by Crippen LogP contribution is -2.48. The molecule has 0 radical (unpaired) electrons. The minimum atomic E-state index is -3.63. The Balaban J connectivity index is 1.25. The minimum Gasteiger partial charge on any atom is -0.454 e. The minimum absolute atomic E-state index is 0.0876. The Kier molecular flexibility index (Phi) is 5.79. The van der Waals surface area contributed by atoms with Crippen molar-refractivity contribution in [2.45, 2.75) is 34.9 Å². The third kappa shape index (κ3) is 4.32. The Morgan fingerprint density at radius 1 is 1.06 bits per heavy atom. The molecule has 3 aliphatic rings. The number of rotatable bonds is 4. The van der Waals surface area contributed by atoms with Crippen LogP contribution in [0, 0.1) is 0 Å². The molecule has 0 aromatic heterocycles. The highest BCUT2D eigenvalue weighted by molar-refractivity contribution is 8.00. The molecule has 5 rings (SSSR count). The molecule has 0 saturated carbocycles. The molecule has 0 bridgehead atoms. The molecule has 1 atom stereocenters. The summed E-state index contributed by atoms with van der Waals surface area (Å²) in [6.07, 6.45) is 0.409. The van der Waals surface area contributed by atoms with E-state index in [4.69, 9.17) is 9.47 Å². The number of hydrogen-bond acceptors (Lipinski definition) is 7. The number of piperazine rings is 1. The van der Waals surface area contributed by atoms with Crippen LogP contribution in [-0.2, 0) is 21.4 Å². The Morgan fingerprint density at radius 2 is 1.84 bits per heavy atom. The number of sulfonamides is 1. The van der Waals surface area contributed by atoms with Crippen LogP contribution in [0.25, 0.3) is 0 Å². The first-order chi connectivity index (χ1) is 15.4. The van der Waals surface area contributed by atoms with E-state index in [9.17, 15) is 13.2 Å². The predicted molar refractivity (Wildman–Crippen MR) is 122 cm³/mol. The summed E-state index contributed by atoms with van der Waals surface area (Å²) < 4.78 is 38.8. The van der Waals surface area contributed by atoms with Crippen LogP contribution in [0.2, 0.25) is 0 Å². The van der Waals surface area contributed by atoms with E-state index in [2.05, 4.69) is 10.2 Å². The molecule has 1 N–H and O–H groups in total. The number of nitrogens with one attached hydrogen (secondary N) is 1. The summed E-state index contributed by atoms with van der Waals surface area (Å²) in [5, 5.41) is 3.00. The number of thioether (sulfide) groups is 1. The van der Waals surface area contributed by atoms with Gasteiger partial charge in [0.05, 0.1) is 10.6 Å². The maximum Gasteiger partial charge on any atom is 0.243 e. The second-order valence-electron chi connectivity index (χ2n) is 8.21. The number of hydrogen-bond donors (Lipinski definition) is 1.